The van der Waals surface area contributed by atoms with Crippen molar-refractivity contribution in [3.63, 3.8) is 0 Å². The van der Waals surface area contributed by atoms with Gasteiger partial charge in [0.25, 0.3) is 0 Å². The van der Waals surface area contributed by atoms with Crippen molar-refractivity contribution >= 4 is 11.9 Å². The van der Waals surface area contributed by atoms with Crippen LogP contribution >= 0.6 is 0 Å². The van der Waals surface area contributed by atoms with Crippen LogP contribution in [0, 0.1) is 6.92 Å². The number of ketones is 1. The third-order valence-electron chi connectivity index (χ3n) is 4.13. The first-order valence-corrected chi connectivity index (χ1v) is 9.30. The molecule has 0 aliphatic carbocycles. The smallest absolute Gasteiger partial charge is 0.189 e. The molecule has 0 bridgehead atoms. The van der Waals surface area contributed by atoms with Gasteiger partial charge in [0.05, 0.1) is 17.9 Å². The summed E-state index contributed by atoms with van der Waals surface area (Å²) >= 11 is 0. The molecular formula is C22H24N2O4. The topological polar surface area (TPSA) is 66.5 Å². The van der Waals surface area contributed by atoms with Crippen molar-refractivity contribution in [1.29, 1.82) is 0 Å². The highest BCUT2D eigenvalue weighted by molar-refractivity contribution is 6.07. The molecule has 0 amide bonds. The summed E-state index contributed by atoms with van der Waals surface area (Å²) in [5, 5.41) is 4.29. The van der Waals surface area contributed by atoms with Gasteiger partial charge in [-0.25, -0.2) is 0 Å². The fourth-order valence-corrected chi connectivity index (χ4v) is 2.68. The van der Waals surface area contributed by atoms with Gasteiger partial charge in [-0.1, -0.05) is 0 Å². The van der Waals surface area contributed by atoms with Crippen molar-refractivity contribution in [3.05, 3.63) is 71.4 Å². The molecule has 0 saturated heterocycles. The minimum absolute atomic E-state index is 0.0965. The summed E-state index contributed by atoms with van der Waals surface area (Å²) < 4.78 is 18.6. The highest BCUT2D eigenvalue weighted by atomic mass is 16.5. The molecule has 2 aromatic heterocycles. The maximum absolute atomic E-state index is 12.3. The Kier molecular flexibility index (Phi) is 6.32. The van der Waals surface area contributed by atoms with E-state index >= 15 is 0 Å². The number of carbonyl (C=O) groups is 1. The summed E-state index contributed by atoms with van der Waals surface area (Å²) in [4.78, 5) is 12.3. The van der Waals surface area contributed by atoms with Crippen LogP contribution in [0.15, 0.2) is 53.1 Å². The molecule has 0 N–H and O–H groups in total. The lowest BCUT2D eigenvalue weighted by Gasteiger charge is -2.06. The second-order valence-electron chi connectivity index (χ2n) is 6.18. The van der Waals surface area contributed by atoms with Gasteiger partial charge in [-0.15, -0.1) is 0 Å². The van der Waals surface area contributed by atoms with Gasteiger partial charge >= 0.3 is 0 Å². The number of nitrogens with zero attached hydrogens (tertiary/aromatic N) is 2. The van der Waals surface area contributed by atoms with Gasteiger partial charge in [0.15, 0.2) is 5.78 Å². The number of aromatic nitrogens is 2. The molecule has 0 unspecified atom stereocenters. The Morgan fingerprint density at radius 2 is 1.82 bits per heavy atom. The molecule has 0 radical (unpaired) electrons. The molecule has 2 heterocycles. The van der Waals surface area contributed by atoms with Crippen LogP contribution in [0.2, 0.25) is 0 Å². The van der Waals surface area contributed by atoms with Crippen molar-refractivity contribution in [1.82, 2.24) is 9.78 Å². The number of carbonyl (C=O) groups excluding carboxylic acids is 1. The third-order valence-corrected chi connectivity index (χ3v) is 4.13. The summed E-state index contributed by atoms with van der Waals surface area (Å²) in [7, 11) is 0. The molecule has 146 valence electrons. The summed E-state index contributed by atoms with van der Waals surface area (Å²) in [6, 6.07) is 11.1. The number of hydrogen-bond donors (Lipinski definition) is 0. The van der Waals surface area contributed by atoms with E-state index in [1.165, 1.54) is 6.08 Å². The van der Waals surface area contributed by atoms with Crippen molar-refractivity contribution in [2.24, 2.45) is 0 Å². The molecule has 0 atom stereocenters. The zero-order chi connectivity index (χ0) is 19.9. The van der Waals surface area contributed by atoms with Crippen LogP contribution in [0.4, 0.5) is 0 Å². The van der Waals surface area contributed by atoms with E-state index in [4.69, 9.17) is 13.9 Å². The molecule has 3 rings (SSSR count). The highest BCUT2D eigenvalue weighted by Gasteiger charge is 2.10. The molecule has 28 heavy (non-hydrogen) atoms. The molecule has 0 aliphatic heterocycles. The maximum atomic E-state index is 12.3. The normalized spacial score (nSPS) is 11.1. The summed E-state index contributed by atoms with van der Waals surface area (Å²) in [6.45, 7) is 7.42. The van der Waals surface area contributed by atoms with Crippen LogP contribution in [0.1, 0.15) is 41.4 Å². The first-order chi connectivity index (χ1) is 13.6. The average molecular weight is 380 g/mol. The number of ether oxygens (including phenoxy) is 2. The van der Waals surface area contributed by atoms with E-state index in [2.05, 4.69) is 5.10 Å². The zero-order valence-electron chi connectivity index (χ0n) is 16.3. The Morgan fingerprint density at radius 1 is 1.11 bits per heavy atom. The molecule has 0 fully saturated rings. The lowest BCUT2D eigenvalue weighted by Crippen LogP contribution is -1.95. The van der Waals surface area contributed by atoms with Gasteiger partial charge in [-0.2, -0.15) is 5.10 Å². The Balaban J connectivity index is 1.56. The van der Waals surface area contributed by atoms with Gasteiger partial charge < -0.3 is 13.9 Å². The monoisotopic (exact) mass is 380 g/mol. The van der Waals surface area contributed by atoms with Gasteiger partial charge in [0.1, 0.15) is 29.6 Å². The number of furan rings is 1. The lowest BCUT2D eigenvalue weighted by molar-refractivity contribution is 0.104. The van der Waals surface area contributed by atoms with E-state index in [9.17, 15) is 4.79 Å². The highest BCUT2D eigenvalue weighted by Crippen LogP contribution is 2.19. The number of benzene rings is 1. The predicted molar refractivity (Wildman–Crippen MR) is 107 cm³/mol. The van der Waals surface area contributed by atoms with Gasteiger partial charge in [-0.05, 0) is 69.3 Å². The van der Waals surface area contributed by atoms with Gasteiger partial charge in [0.2, 0.25) is 0 Å². The summed E-state index contributed by atoms with van der Waals surface area (Å²) in [5.74, 6) is 2.72. The molecule has 0 aliphatic rings. The van der Waals surface area contributed by atoms with Crippen molar-refractivity contribution in [3.8, 4) is 11.5 Å². The molecule has 0 spiro atoms. The number of rotatable bonds is 9. The second-order valence-corrected chi connectivity index (χ2v) is 6.18. The molecule has 1 aromatic carbocycles. The molecule has 6 heteroatoms. The quantitative estimate of drug-likeness (QED) is 0.398. The van der Waals surface area contributed by atoms with Gasteiger partial charge in [-0.3, -0.25) is 9.48 Å². The Bertz CT molecular complexity index is 951. The van der Waals surface area contributed by atoms with Crippen molar-refractivity contribution in [2.75, 3.05) is 6.61 Å². The summed E-state index contributed by atoms with van der Waals surface area (Å²) in [6.07, 6.45) is 4.92. The lowest BCUT2D eigenvalue weighted by atomic mass is 10.1. The Labute approximate surface area is 164 Å². The zero-order valence-corrected chi connectivity index (χ0v) is 16.3. The SMILES string of the molecule is CCOc1ccc(OCc2ccc(/C=C/C(=O)c3cn(CC)nc3C)o2)cc1. The third kappa shape index (κ3) is 4.91. The maximum Gasteiger partial charge on any atom is 0.189 e. The number of allylic oxidation sites excluding steroid dienone is 1. The molecule has 6 nitrogen and oxygen atoms in total. The van der Waals surface area contributed by atoms with Crippen molar-refractivity contribution in [2.45, 2.75) is 33.9 Å². The molecule has 3 aromatic rings. The first-order valence-electron chi connectivity index (χ1n) is 9.30. The Morgan fingerprint density at radius 3 is 2.46 bits per heavy atom. The van der Waals surface area contributed by atoms with E-state index < -0.39 is 0 Å². The molecule has 0 saturated carbocycles. The van der Waals surface area contributed by atoms with E-state index in [1.807, 2.05) is 57.2 Å². The van der Waals surface area contributed by atoms with Crippen LogP contribution in [0.5, 0.6) is 11.5 Å². The largest absolute Gasteiger partial charge is 0.494 e. The molecular weight excluding hydrogens is 356 g/mol. The van der Waals surface area contributed by atoms with E-state index in [-0.39, 0.29) is 5.78 Å². The van der Waals surface area contributed by atoms with Gasteiger partial charge in [0, 0.05) is 12.7 Å². The Hall–Kier alpha value is -3.28. The standard InChI is InChI=1S/C22H24N2O4/c1-4-24-14-21(16(3)23-24)22(25)13-12-19-10-11-20(28-19)15-27-18-8-6-17(7-9-18)26-5-2/h6-14H,4-5,15H2,1-3H3/b13-12+. The number of hydrogen-bond acceptors (Lipinski definition) is 5. The van der Waals surface area contributed by atoms with Crippen LogP contribution < -0.4 is 9.47 Å². The fraction of sp³-hybridized carbons (Fsp3) is 0.273. The minimum Gasteiger partial charge on any atom is -0.494 e. The van der Waals surface area contributed by atoms with Crippen LogP contribution in [-0.2, 0) is 13.2 Å². The predicted octanol–water partition coefficient (Wildman–Crippen LogP) is 4.68. The van der Waals surface area contributed by atoms with Crippen LogP contribution in [0.25, 0.3) is 6.08 Å². The van der Waals surface area contributed by atoms with E-state index in [0.717, 1.165) is 23.7 Å². The van der Waals surface area contributed by atoms with Crippen molar-refractivity contribution < 1.29 is 18.7 Å². The second kappa shape index (κ2) is 9.08. The fourth-order valence-electron chi connectivity index (χ4n) is 2.68. The number of aryl methyl sites for hydroxylation is 2. The summed E-state index contributed by atoms with van der Waals surface area (Å²) in [5.41, 5.74) is 1.32. The first kappa shape index (κ1) is 19.5. The minimum atomic E-state index is -0.0965. The van der Waals surface area contributed by atoms with E-state index in [1.54, 1.807) is 17.0 Å². The average Bonchev–Trinajstić information content (AvgIpc) is 3.32. The van der Waals surface area contributed by atoms with Crippen LogP contribution in [-0.4, -0.2) is 22.2 Å². The van der Waals surface area contributed by atoms with Crippen LogP contribution in [0.3, 0.4) is 0 Å². The van der Waals surface area contributed by atoms with E-state index in [0.29, 0.717) is 30.3 Å².